The molecule has 7 nitrogen and oxygen atoms in total. The average Bonchev–Trinajstić information content (AvgIpc) is 3.46. The zero-order chi connectivity index (χ0) is 25.2. The molecule has 0 bridgehead atoms. The molecule has 4 aromatic rings. The summed E-state index contributed by atoms with van der Waals surface area (Å²) in [5, 5.41) is 0.275. The van der Waals surface area contributed by atoms with Crippen molar-refractivity contribution in [3.63, 3.8) is 0 Å². The molecule has 1 fully saturated rings. The van der Waals surface area contributed by atoms with Crippen molar-refractivity contribution in [1.82, 2.24) is 19.8 Å². The van der Waals surface area contributed by atoms with Crippen LogP contribution in [0.1, 0.15) is 33.6 Å². The Labute approximate surface area is 209 Å². The standard InChI is InChI=1S/C26H20ClF2N5O2/c27-18-3-1-2-17-22(18)24(35)34(13-16-10-20-21(31-16)11-19(29)23(30)32-20)26(17)8-9-33(25(26)36)12-14-4-6-15(28)7-5-14/h1-7,10-11,31H,8-9,12-13H2,(H2,30,32). The lowest BCUT2D eigenvalue weighted by Crippen LogP contribution is -2.49. The molecule has 4 heterocycles. The number of nitrogens with one attached hydrogen (secondary N) is 1. The van der Waals surface area contributed by atoms with Crippen LogP contribution in [0.25, 0.3) is 11.0 Å². The van der Waals surface area contributed by atoms with E-state index in [1.165, 1.54) is 23.1 Å². The molecule has 0 radical (unpaired) electrons. The predicted octanol–water partition coefficient (Wildman–Crippen LogP) is 4.36. The van der Waals surface area contributed by atoms with Crippen LogP contribution >= 0.6 is 11.6 Å². The van der Waals surface area contributed by atoms with Gasteiger partial charge in [-0.2, -0.15) is 0 Å². The number of likely N-dealkylation sites (tertiary alicyclic amines) is 1. The summed E-state index contributed by atoms with van der Waals surface area (Å²) in [6.07, 6.45) is 0.367. The Hall–Kier alpha value is -3.98. The van der Waals surface area contributed by atoms with E-state index in [1.54, 1.807) is 41.3 Å². The number of aromatic nitrogens is 2. The van der Waals surface area contributed by atoms with Gasteiger partial charge in [0.15, 0.2) is 17.2 Å². The van der Waals surface area contributed by atoms with E-state index >= 15 is 0 Å². The van der Waals surface area contributed by atoms with E-state index < -0.39 is 11.4 Å². The Morgan fingerprint density at radius 2 is 1.86 bits per heavy atom. The zero-order valence-electron chi connectivity index (χ0n) is 18.9. The summed E-state index contributed by atoms with van der Waals surface area (Å²) >= 11 is 6.44. The van der Waals surface area contributed by atoms with Crippen LogP contribution in [0, 0.1) is 11.6 Å². The topological polar surface area (TPSA) is 95.3 Å². The lowest BCUT2D eigenvalue weighted by Gasteiger charge is -2.34. The van der Waals surface area contributed by atoms with Gasteiger partial charge in [0.1, 0.15) is 5.82 Å². The number of halogens is 3. The molecule has 2 aliphatic rings. The van der Waals surface area contributed by atoms with Gasteiger partial charge in [-0.3, -0.25) is 9.59 Å². The van der Waals surface area contributed by atoms with Crippen molar-refractivity contribution in [3.8, 4) is 0 Å². The molecule has 3 N–H and O–H groups in total. The Kier molecular flexibility index (Phi) is 5.01. The molecule has 1 unspecified atom stereocenters. The lowest BCUT2D eigenvalue weighted by molar-refractivity contribution is -0.137. The average molecular weight is 508 g/mol. The second kappa shape index (κ2) is 8.03. The van der Waals surface area contributed by atoms with Crippen molar-refractivity contribution in [1.29, 1.82) is 0 Å². The second-order valence-corrected chi connectivity index (χ2v) is 9.51. The Morgan fingerprint density at radius 1 is 1.08 bits per heavy atom. The third kappa shape index (κ3) is 3.26. The summed E-state index contributed by atoms with van der Waals surface area (Å²) < 4.78 is 27.3. The van der Waals surface area contributed by atoms with E-state index in [0.717, 1.165) is 5.56 Å². The predicted molar refractivity (Wildman–Crippen MR) is 130 cm³/mol. The number of fused-ring (bicyclic) bond motifs is 3. The number of H-pyrrole nitrogens is 1. The van der Waals surface area contributed by atoms with E-state index in [9.17, 15) is 18.4 Å². The molecule has 36 heavy (non-hydrogen) atoms. The number of aromatic amines is 1. The van der Waals surface area contributed by atoms with Gasteiger partial charge in [-0.25, -0.2) is 13.8 Å². The van der Waals surface area contributed by atoms with Crippen molar-refractivity contribution in [2.24, 2.45) is 0 Å². The number of amides is 2. The van der Waals surface area contributed by atoms with E-state index in [2.05, 4.69) is 9.97 Å². The summed E-state index contributed by atoms with van der Waals surface area (Å²) in [7, 11) is 0. The number of hydrogen-bond acceptors (Lipinski definition) is 4. The number of anilines is 1. The van der Waals surface area contributed by atoms with Gasteiger partial charge in [0.2, 0.25) is 0 Å². The molecule has 2 aliphatic heterocycles. The first-order chi connectivity index (χ1) is 17.3. The number of rotatable bonds is 4. The highest BCUT2D eigenvalue weighted by Gasteiger charge is 2.59. The number of nitrogens with zero attached hydrogens (tertiary/aromatic N) is 3. The highest BCUT2D eigenvalue weighted by atomic mass is 35.5. The minimum Gasteiger partial charge on any atom is -0.381 e. The Bertz CT molecular complexity index is 1520. The van der Waals surface area contributed by atoms with Gasteiger partial charge < -0.3 is 20.5 Å². The van der Waals surface area contributed by atoms with Gasteiger partial charge >= 0.3 is 0 Å². The second-order valence-electron chi connectivity index (χ2n) is 9.10. The molecular weight excluding hydrogens is 488 g/mol. The van der Waals surface area contributed by atoms with E-state index in [1.807, 2.05) is 0 Å². The van der Waals surface area contributed by atoms with Crippen molar-refractivity contribution >= 4 is 40.3 Å². The first-order valence-electron chi connectivity index (χ1n) is 11.4. The SMILES string of the molecule is Nc1nc2cc(CN3C(=O)c4c(Cl)cccc4C34CCN(Cc3ccc(F)cc3)C4=O)[nH]c2cc1F. The molecule has 182 valence electrons. The monoisotopic (exact) mass is 507 g/mol. The fourth-order valence-electron chi connectivity index (χ4n) is 5.33. The number of carbonyl (C=O) groups is 2. The van der Waals surface area contributed by atoms with Crippen LogP contribution in [0.5, 0.6) is 0 Å². The number of nitrogen functional groups attached to an aromatic ring is 1. The van der Waals surface area contributed by atoms with Crippen LogP contribution < -0.4 is 5.73 Å². The molecule has 1 saturated heterocycles. The maximum absolute atomic E-state index is 14.0. The Balaban J connectivity index is 1.40. The molecule has 0 saturated carbocycles. The molecule has 2 amide bonds. The van der Waals surface area contributed by atoms with Crippen LogP contribution in [0.4, 0.5) is 14.6 Å². The van der Waals surface area contributed by atoms with Crippen molar-refractivity contribution in [2.45, 2.75) is 25.0 Å². The van der Waals surface area contributed by atoms with Gasteiger partial charge in [0.25, 0.3) is 11.8 Å². The van der Waals surface area contributed by atoms with Gasteiger partial charge in [0, 0.05) is 36.8 Å². The largest absolute Gasteiger partial charge is 0.381 e. The molecule has 6 rings (SSSR count). The fourth-order valence-corrected chi connectivity index (χ4v) is 5.59. The summed E-state index contributed by atoms with van der Waals surface area (Å²) in [5.74, 6) is -1.81. The lowest BCUT2D eigenvalue weighted by atomic mass is 9.87. The zero-order valence-corrected chi connectivity index (χ0v) is 19.6. The first kappa shape index (κ1) is 22.5. The number of hydrogen-bond donors (Lipinski definition) is 2. The fraction of sp³-hybridized carbons (Fsp3) is 0.192. The quantitative estimate of drug-likeness (QED) is 0.429. The van der Waals surface area contributed by atoms with Gasteiger partial charge in [-0.15, -0.1) is 0 Å². The third-order valence-corrected chi connectivity index (χ3v) is 7.33. The molecule has 2 aromatic carbocycles. The normalized spacial score (nSPS) is 19.2. The van der Waals surface area contributed by atoms with Crippen LogP contribution in [-0.4, -0.2) is 38.1 Å². The van der Waals surface area contributed by atoms with Gasteiger partial charge in [0.05, 0.1) is 28.2 Å². The van der Waals surface area contributed by atoms with E-state index in [-0.39, 0.29) is 41.6 Å². The maximum atomic E-state index is 14.0. The van der Waals surface area contributed by atoms with E-state index in [4.69, 9.17) is 17.3 Å². The third-order valence-electron chi connectivity index (χ3n) is 7.02. The maximum Gasteiger partial charge on any atom is 0.257 e. The van der Waals surface area contributed by atoms with Crippen LogP contribution in [0.3, 0.4) is 0 Å². The first-order valence-corrected chi connectivity index (χ1v) is 11.7. The van der Waals surface area contributed by atoms with Crippen molar-refractivity contribution in [2.75, 3.05) is 12.3 Å². The number of carbonyl (C=O) groups excluding carboxylic acids is 2. The smallest absolute Gasteiger partial charge is 0.257 e. The van der Waals surface area contributed by atoms with Crippen molar-refractivity contribution < 1.29 is 18.4 Å². The molecule has 10 heteroatoms. The number of benzene rings is 2. The van der Waals surface area contributed by atoms with E-state index in [0.29, 0.717) is 40.8 Å². The summed E-state index contributed by atoms with van der Waals surface area (Å²) in [4.78, 5) is 38.0. The van der Waals surface area contributed by atoms with Crippen LogP contribution in [0.2, 0.25) is 5.02 Å². The number of pyridine rings is 1. The Morgan fingerprint density at radius 3 is 2.64 bits per heavy atom. The van der Waals surface area contributed by atoms with Gasteiger partial charge in [-0.05, 0) is 29.8 Å². The molecular formula is C26H20ClF2N5O2. The molecule has 1 atom stereocenters. The minimum atomic E-state index is -1.24. The summed E-state index contributed by atoms with van der Waals surface area (Å²) in [6.45, 7) is 0.744. The molecule has 1 spiro atoms. The number of nitrogens with two attached hydrogens (primary N) is 1. The van der Waals surface area contributed by atoms with Gasteiger partial charge in [-0.1, -0.05) is 35.9 Å². The van der Waals surface area contributed by atoms with Crippen LogP contribution in [0.15, 0.2) is 54.6 Å². The minimum absolute atomic E-state index is 0.0534. The van der Waals surface area contributed by atoms with Crippen LogP contribution in [-0.2, 0) is 23.4 Å². The highest BCUT2D eigenvalue weighted by Crippen LogP contribution is 2.49. The van der Waals surface area contributed by atoms with Crippen molar-refractivity contribution in [3.05, 3.63) is 93.6 Å². The summed E-state index contributed by atoms with van der Waals surface area (Å²) in [5.41, 5.74) is 7.48. The molecule has 0 aliphatic carbocycles. The molecule has 2 aromatic heterocycles. The highest BCUT2D eigenvalue weighted by molar-refractivity contribution is 6.34. The summed E-state index contributed by atoms with van der Waals surface area (Å²) in [6, 6.07) is 14.0.